The van der Waals surface area contributed by atoms with E-state index in [0.29, 0.717) is 4.90 Å². The highest BCUT2D eigenvalue weighted by atomic mass is 32.1. The molecule has 3 heteroatoms. The van der Waals surface area contributed by atoms with E-state index in [1.165, 1.54) is 6.07 Å². The van der Waals surface area contributed by atoms with Crippen LogP contribution in [0.2, 0.25) is 0 Å². The molecule has 0 unspecified atom stereocenters. The molecule has 0 spiro atoms. The predicted octanol–water partition coefficient (Wildman–Crippen LogP) is 2.55. The highest BCUT2D eigenvalue weighted by Crippen LogP contribution is 2.14. The molecule has 1 nitrogen and oxygen atoms in total. The first-order valence-corrected chi connectivity index (χ1v) is 4.02. The summed E-state index contributed by atoms with van der Waals surface area (Å²) < 4.78 is 12.9. The summed E-state index contributed by atoms with van der Waals surface area (Å²) in [5, 5.41) is 0. The maximum absolute atomic E-state index is 12.9. The molecule has 1 rings (SSSR count). The lowest BCUT2D eigenvalue weighted by atomic mass is 10.1. The molecule has 0 saturated heterocycles. The van der Waals surface area contributed by atoms with Gasteiger partial charge in [0.1, 0.15) is 5.82 Å². The first-order valence-electron chi connectivity index (χ1n) is 3.57. The molecule has 1 aromatic rings. The fourth-order valence-electron chi connectivity index (χ4n) is 0.861. The summed E-state index contributed by atoms with van der Waals surface area (Å²) in [6.07, 6.45) is 0. The van der Waals surface area contributed by atoms with Gasteiger partial charge in [-0.3, -0.25) is 4.99 Å². The van der Waals surface area contributed by atoms with E-state index in [9.17, 15) is 4.39 Å². The minimum Gasteiger partial charge on any atom is -0.293 e. The molecule has 0 bridgehead atoms. The monoisotopic (exact) mass is 183 g/mol. The van der Waals surface area contributed by atoms with Crippen molar-refractivity contribution in [2.45, 2.75) is 11.8 Å². The highest BCUT2D eigenvalue weighted by molar-refractivity contribution is 7.80. The predicted molar refractivity (Wildman–Crippen MR) is 51.8 cm³/mol. The summed E-state index contributed by atoms with van der Waals surface area (Å²) in [7, 11) is 1.68. The van der Waals surface area contributed by atoms with Crippen molar-refractivity contribution in [1.29, 1.82) is 0 Å². The number of hydrogen-bond donors (Lipinski definition) is 1. The number of thiol groups is 1. The van der Waals surface area contributed by atoms with Crippen molar-refractivity contribution in [3.05, 3.63) is 29.6 Å². The van der Waals surface area contributed by atoms with Gasteiger partial charge >= 0.3 is 0 Å². The van der Waals surface area contributed by atoms with E-state index in [2.05, 4.69) is 17.6 Å². The molecule has 0 aliphatic carbocycles. The van der Waals surface area contributed by atoms with Crippen LogP contribution in [0.4, 0.5) is 4.39 Å². The largest absolute Gasteiger partial charge is 0.293 e. The summed E-state index contributed by atoms with van der Waals surface area (Å²) in [5.41, 5.74) is 1.62. The Balaban J connectivity index is 3.13. The van der Waals surface area contributed by atoms with Gasteiger partial charge in [-0.2, -0.15) is 0 Å². The minimum absolute atomic E-state index is 0.307. The van der Waals surface area contributed by atoms with Gasteiger partial charge in [0.15, 0.2) is 0 Å². The van der Waals surface area contributed by atoms with Gasteiger partial charge in [-0.25, -0.2) is 4.39 Å². The summed E-state index contributed by atoms with van der Waals surface area (Å²) in [6.45, 7) is 1.84. The SMILES string of the molecule is CN=C(C)c1ccc(S)c(F)c1. The molecular weight excluding hydrogens is 173 g/mol. The molecule has 64 valence electrons. The maximum atomic E-state index is 12.9. The second kappa shape index (κ2) is 3.72. The third-order valence-corrected chi connectivity index (χ3v) is 2.06. The van der Waals surface area contributed by atoms with Gasteiger partial charge in [0.05, 0.1) is 0 Å². The summed E-state index contributed by atoms with van der Waals surface area (Å²) >= 11 is 3.93. The fraction of sp³-hybridized carbons (Fsp3) is 0.222. The Hall–Kier alpha value is -0.830. The summed E-state index contributed by atoms with van der Waals surface area (Å²) in [5.74, 6) is -0.307. The Kier molecular flexibility index (Phi) is 2.87. The Labute approximate surface area is 76.7 Å². The van der Waals surface area contributed by atoms with Crippen molar-refractivity contribution < 1.29 is 4.39 Å². The van der Waals surface area contributed by atoms with Crippen molar-refractivity contribution in [1.82, 2.24) is 0 Å². The molecule has 0 amide bonds. The van der Waals surface area contributed by atoms with E-state index in [1.807, 2.05) is 6.92 Å². The van der Waals surface area contributed by atoms with Crippen LogP contribution >= 0.6 is 12.6 Å². The van der Waals surface area contributed by atoms with E-state index in [-0.39, 0.29) is 5.82 Å². The Morgan fingerprint density at radius 3 is 2.67 bits per heavy atom. The topological polar surface area (TPSA) is 12.4 Å². The first-order chi connectivity index (χ1) is 5.65. The quantitative estimate of drug-likeness (QED) is 0.507. The zero-order valence-electron chi connectivity index (χ0n) is 7.00. The van der Waals surface area contributed by atoms with Crippen molar-refractivity contribution >= 4 is 18.3 Å². The molecule has 0 aliphatic rings. The van der Waals surface area contributed by atoms with E-state index in [4.69, 9.17) is 0 Å². The molecular formula is C9H10FNS. The third-order valence-electron chi connectivity index (χ3n) is 1.70. The minimum atomic E-state index is -0.307. The molecule has 0 saturated carbocycles. The number of benzene rings is 1. The van der Waals surface area contributed by atoms with Crippen LogP contribution in [0.15, 0.2) is 28.1 Å². The van der Waals surface area contributed by atoms with Gasteiger partial charge < -0.3 is 0 Å². The van der Waals surface area contributed by atoms with E-state index in [1.54, 1.807) is 19.2 Å². The van der Waals surface area contributed by atoms with Crippen LogP contribution in [0.3, 0.4) is 0 Å². The van der Waals surface area contributed by atoms with Gasteiger partial charge in [0, 0.05) is 17.7 Å². The van der Waals surface area contributed by atoms with Crippen LogP contribution in [0, 0.1) is 5.82 Å². The number of hydrogen-bond acceptors (Lipinski definition) is 2. The number of rotatable bonds is 1. The van der Waals surface area contributed by atoms with Crippen LogP contribution in [-0.4, -0.2) is 12.8 Å². The normalized spacial score (nSPS) is 11.8. The van der Waals surface area contributed by atoms with E-state index in [0.717, 1.165) is 11.3 Å². The van der Waals surface area contributed by atoms with Gasteiger partial charge in [-0.15, -0.1) is 12.6 Å². The number of halogens is 1. The van der Waals surface area contributed by atoms with Gasteiger partial charge in [0.25, 0.3) is 0 Å². The van der Waals surface area contributed by atoms with Crippen molar-refractivity contribution in [2.24, 2.45) is 4.99 Å². The fourth-order valence-corrected chi connectivity index (χ4v) is 1.00. The van der Waals surface area contributed by atoms with Crippen molar-refractivity contribution in [3.63, 3.8) is 0 Å². The Bertz CT molecular complexity index is 320. The van der Waals surface area contributed by atoms with E-state index >= 15 is 0 Å². The van der Waals surface area contributed by atoms with Crippen LogP contribution in [-0.2, 0) is 0 Å². The second-order valence-electron chi connectivity index (χ2n) is 2.48. The van der Waals surface area contributed by atoms with Crippen LogP contribution < -0.4 is 0 Å². The Morgan fingerprint density at radius 1 is 1.50 bits per heavy atom. The second-order valence-corrected chi connectivity index (χ2v) is 2.96. The molecule has 0 atom stereocenters. The van der Waals surface area contributed by atoms with Gasteiger partial charge in [-0.1, -0.05) is 6.07 Å². The van der Waals surface area contributed by atoms with Gasteiger partial charge in [-0.05, 0) is 24.6 Å². The Morgan fingerprint density at radius 2 is 2.17 bits per heavy atom. The van der Waals surface area contributed by atoms with Crippen LogP contribution in [0.25, 0.3) is 0 Å². The molecule has 1 aromatic carbocycles. The maximum Gasteiger partial charge on any atom is 0.137 e. The highest BCUT2D eigenvalue weighted by Gasteiger charge is 2.01. The standard InChI is InChI=1S/C9H10FNS/c1-6(11-2)7-3-4-9(12)8(10)5-7/h3-5,12H,1-2H3. The first kappa shape index (κ1) is 9.26. The molecule has 0 aromatic heterocycles. The lowest BCUT2D eigenvalue weighted by molar-refractivity contribution is 0.602. The van der Waals surface area contributed by atoms with Crippen molar-refractivity contribution in [3.8, 4) is 0 Å². The van der Waals surface area contributed by atoms with Crippen molar-refractivity contribution in [2.75, 3.05) is 7.05 Å². The number of nitrogens with zero attached hydrogens (tertiary/aromatic N) is 1. The van der Waals surface area contributed by atoms with Crippen LogP contribution in [0.5, 0.6) is 0 Å². The van der Waals surface area contributed by atoms with Crippen LogP contribution in [0.1, 0.15) is 12.5 Å². The molecule has 0 N–H and O–H groups in total. The van der Waals surface area contributed by atoms with Gasteiger partial charge in [0.2, 0.25) is 0 Å². The average Bonchev–Trinajstić information content (AvgIpc) is 2.08. The summed E-state index contributed by atoms with van der Waals surface area (Å²) in [4.78, 5) is 4.32. The zero-order chi connectivity index (χ0) is 9.14. The molecule has 0 aliphatic heterocycles. The molecule has 0 radical (unpaired) electrons. The average molecular weight is 183 g/mol. The molecule has 0 heterocycles. The molecule has 0 fully saturated rings. The summed E-state index contributed by atoms with van der Waals surface area (Å²) in [6, 6.07) is 4.86. The third kappa shape index (κ3) is 1.85. The zero-order valence-corrected chi connectivity index (χ0v) is 7.90. The lowest BCUT2D eigenvalue weighted by Crippen LogP contribution is -1.94. The lowest BCUT2D eigenvalue weighted by Gasteiger charge is -2.00. The van der Waals surface area contributed by atoms with E-state index < -0.39 is 0 Å². The number of aliphatic imine (C=N–C) groups is 1. The molecule has 12 heavy (non-hydrogen) atoms. The smallest absolute Gasteiger partial charge is 0.137 e.